The minimum Gasteiger partial charge on any atom is -0.444 e. The molecule has 3 atom stereocenters. The van der Waals surface area contributed by atoms with E-state index in [2.05, 4.69) is 15.4 Å². The zero-order chi connectivity index (χ0) is 26.3. The lowest BCUT2D eigenvalue weighted by molar-refractivity contribution is -0.137. The van der Waals surface area contributed by atoms with Gasteiger partial charge >= 0.3 is 12.3 Å². The average molecular weight is 508 g/mol. The third kappa shape index (κ3) is 5.71. The Balaban J connectivity index is 1.48. The van der Waals surface area contributed by atoms with Crippen molar-refractivity contribution in [3.63, 3.8) is 0 Å². The number of carbonyl (C=O) groups is 1. The average Bonchev–Trinajstić information content (AvgIpc) is 3.20. The van der Waals surface area contributed by atoms with E-state index in [1.54, 1.807) is 39.0 Å². The summed E-state index contributed by atoms with van der Waals surface area (Å²) >= 11 is 0. The number of likely N-dealkylation sites (tertiary alicyclic amines) is 1. The molecular weight excluding hydrogens is 478 g/mol. The Hall–Kier alpha value is -3.37. The molecule has 3 unspecified atom stereocenters. The van der Waals surface area contributed by atoms with Gasteiger partial charge < -0.3 is 15.0 Å². The number of rotatable bonds is 4. The number of aromatic nitrogens is 3. The van der Waals surface area contributed by atoms with Gasteiger partial charge in [-0.2, -0.15) is 13.2 Å². The molecule has 1 aromatic carbocycles. The number of fused-ring (bicyclic) bond motifs is 1. The fraction of sp³-hybridized carbons (Fsp3) is 0.480. The van der Waals surface area contributed by atoms with E-state index in [-0.39, 0.29) is 18.5 Å². The number of nitrogens with zero attached hydrogens (tertiary/aromatic N) is 4. The van der Waals surface area contributed by atoms with Crippen LogP contribution in [-0.2, 0) is 10.9 Å². The standard InChI is InChI=1S/C25H29F4N5O2/c1-15(18-10-11-33(14-19(18)26)23(35)36-24(2,3)4)31-21-8-9-22-30-13-20(34(22)32-21)16-6-5-7-17(12-16)25(27,28)29/h5-9,12-13,15,18-19H,10-11,14H2,1-4H3,(H,31,32). The molecule has 1 amide bonds. The van der Waals surface area contributed by atoms with Gasteiger partial charge in [0.1, 0.15) is 17.6 Å². The molecule has 2 aromatic heterocycles. The number of imidazole rings is 1. The lowest BCUT2D eigenvalue weighted by Crippen LogP contribution is -2.50. The molecule has 0 radical (unpaired) electrons. The molecule has 36 heavy (non-hydrogen) atoms. The fourth-order valence-corrected chi connectivity index (χ4v) is 4.32. The van der Waals surface area contributed by atoms with Crippen LogP contribution in [0.5, 0.6) is 0 Å². The first-order valence-electron chi connectivity index (χ1n) is 11.7. The van der Waals surface area contributed by atoms with Crippen molar-refractivity contribution in [2.75, 3.05) is 18.4 Å². The van der Waals surface area contributed by atoms with E-state index in [4.69, 9.17) is 4.74 Å². The predicted octanol–water partition coefficient (Wildman–Crippen LogP) is 5.81. The molecule has 1 N–H and O–H groups in total. The largest absolute Gasteiger partial charge is 0.444 e. The van der Waals surface area contributed by atoms with Gasteiger partial charge in [-0.25, -0.2) is 18.7 Å². The van der Waals surface area contributed by atoms with Crippen molar-refractivity contribution in [2.24, 2.45) is 5.92 Å². The van der Waals surface area contributed by atoms with Crippen LogP contribution in [0.3, 0.4) is 0 Å². The smallest absolute Gasteiger partial charge is 0.416 e. The van der Waals surface area contributed by atoms with E-state index in [0.29, 0.717) is 35.7 Å². The van der Waals surface area contributed by atoms with Crippen LogP contribution < -0.4 is 5.32 Å². The molecule has 7 nitrogen and oxygen atoms in total. The van der Waals surface area contributed by atoms with Gasteiger partial charge in [0.05, 0.1) is 24.0 Å². The maximum Gasteiger partial charge on any atom is 0.416 e. The van der Waals surface area contributed by atoms with Crippen molar-refractivity contribution < 1.29 is 27.1 Å². The Kier molecular flexibility index (Phi) is 6.85. The van der Waals surface area contributed by atoms with E-state index < -0.39 is 29.6 Å². The van der Waals surface area contributed by atoms with Crippen LogP contribution >= 0.6 is 0 Å². The van der Waals surface area contributed by atoms with Gasteiger partial charge in [-0.15, -0.1) is 5.10 Å². The third-order valence-electron chi connectivity index (χ3n) is 6.11. The van der Waals surface area contributed by atoms with Crippen LogP contribution in [0.4, 0.5) is 28.2 Å². The third-order valence-corrected chi connectivity index (χ3v) is 6.11. The Morgan fingerprint density at radius 3 is 2.61 bits per heavy atom. The number of anilines is 1. The maximum atomic E-state index is 15.1. The topological polar surface area (TPSA) is 71.8 Å². The number of halogens is 4. The number of ether oxygens (including phenoxy) is 1. The number of amides is 1. The molecule has 1 aliphatic rings. The molecule has 0 aliphatic carbocycles. The monoisotopic (exact) mass is 507 g/mol. The molecule has 4 rings (SSSR count). The minimum atomic E-state index is -4.46. The molecule has 0 bridgehead atoms. The molecule has 0 saturated carbocycles. The second kappa shape index (κ2) is 9.59. The molecule has 194 valence electrons. The van der Waals surface area contributed by atoms with Crippen molar-refractivity contribution >= 4 is 17.6 Å². The summed E-state index contributed by atoms with van der Waals surface area (Å²) < 4.78 is 61.4. The van der Waals surface area contributed by atoms with Crippen LogP contribution in [0.1, 0.15) is 39.7 Å². The number of carbonyl (C=O) groups excluding carboxylic acids is 1. The second-order valence-corrected chi connectivity index (χ2v) is 10.0. The van der Waals surface area contributed by atoms with Gasteiger partial charge in [0.2, 0.25) is 0 Å². The van der Waals surface area contributed by atoms with Crippen molar-refractivity contribution in [1.29, 1.82) is 0 Å². The van der Waals surface area contributed by atoms with Gasteiger partial charge in [0, 0.05) is 24.1 Å². The quantitative estimate of drug-likeness (QED) is 0.451. The maximum absolute atomic E-state index is 15.1. The number of alkyl halides is 4. The lowest BCUT2D eigenvalue weighted by atomic mass is 9.89. The van der Waals surface area contributed by atoms with Crippen molar-refractivity contribution in [2.45, 2.75) is 58.1 Å². The van der Waals surface area contributed by atoms with Gasteiger partial charge in [0.15, 0.2) is 5.65 Å². The molecular formula is C25H29F4N5O2. The van der Waals surface area contributed by atoms with E-state index in [1.807, 2.05) is 6.92 Å². The molecule has 1 saturated heterocycles. The van der Waals surface area contributed by atoms with Crippen molar-refractivity contribution in [1.82, 2.24) is 19.5 Å². The van der Waals surface area contributed by atoms with Gasteiger partial charge in [-0.3, -0.25) is 0 Å². The summed E-state index contributed by atoms with van der Waals surface area (Å²) in [4.78, 5) is 17.9. The van der Waals surface area contributed by atoms with Gasteiger partial charge in [-0.05, 0) is 58.4 Å². The van der Waals surface area contributed by atoms with Crippen LogP contribution in [0.25, 0.3) is 16.9 Å². The van der Waals surface area contributed by atoms with Crippen LogP contribution in [0, 0.1) is 5.92 Å². The normalized spacial score (nSPS) is 19.8. The van der Waals surface area contributed by atoms with E-state index in [0.717, 1.165) is 12.1 Å². The summed E-state index contributed by atoms with van der Waals surface area (Å²) in [5.41, 5.74) is -0.215. The van der Waals surface area contributed by atoms with Crippen LogP contribution in [-0.4, -0.2) is 56.5 Å². The summed E-state index contributed by atoms with van der Waals surface area (Å²) in [6.07, 6.45) is -4.34. The van der Waals surface area contributed by atoms with Crippen molar-refractivity contribution in [3.8, 4) is 11.3 Å². The predicted molar refractivity (Wildman–Crippen MR) is 127 cm³/mol. The first-order valence-corrected chi connectivity index (χ1v) is 11.7. The highest BCUT2D eigenvalue weighted by Crippen LogP contribution is 2.32. The van der Waals surface area contributed by atoms with Crippen LogP contribution in [0.15, 0.2) is 42.6 Å². The van der Waals surface area contributed by atoms with Crippen LogP contribution in [0.2, 0.25) is 0 Å². The number of piperidine rings is 1. The van der Waals surface area contributed by atoms with E-state index in [1.165, 1.54) is 21.7 Å². The highest BCUT2D eigenvalue weighted by Gasteiger charge is 2.36. The Morgan fingerprint density at radius 2 is 1.94 bits per heavy atom. The summed E-state index contributed by atoms with van der Waals surface area (Å²) in [5.74, 6) is 0.0647. The zero-order valence-corrected chi connectivity index (χ0v) is 20.5. The SMILES string of the molecule is CC(Nc1ccc2ncc(-c3cccc(C(F)(F)F)c3)n2n1)C1CCN(C(=O)OC(C)(C)C)CC1F. The number of hydrogen-bond donors (Lipinski definition) is 1. The Morgan fingerprint density at radius 1 is 1.19 bits per heavy atom. The summed E-state index contributed by atoms with van der Waals surface area (Å²) in [6.45, 7) is 7.45. The molecule has 3 heterocycles. The van der Waals surface area contributed by atoms with Crippen molar-refractivity contribution in [3.05, 3.63) is 48.2 Å². The first-order chi connectivity index (χ1) is 16.8. The second-order valence-electron chi connectivity index (χ2n) is 10.0. The first kappa shape index (κ1) is 25.7. The number of benzene rings is 1. The van der Waals surface area contributed by atoms with Gasteiger partial charge in [0.25, 0.3) is 0 Å². The Bertz CT molecular complexity index is 1240. The fourth-order valence-electron chi connectivity index (χ4n) is 4.32. The molecule has 1 aliphatic heterocycles. The summed E-state index contributed by atoms with van der Waals surface area (Å²) in [7, 11) is 0. The number of nitrogens with one attached hydrogen (secondary N) is 1. The zero-order valence-electron chi connectivity index (χ0n) is 20.5. The Labute approximate surface area is 206 Å². The van der Waals surface area contributed by atoms with Gasteiger partial charge in [-0.1, -0.05) is 12.1 Å². The molecule has 1 fully saturated rings. The summed E-state index contributed by atoms with van der Waals surface area (Å²) in [6, 6.07) is 8.04. The van der Waals surface area contributed by atoms with E-state index >= 15 is 4.39 Å². The van der Waals surface area contributed by atoms with E-state index in [9.17, 15) is 18.0 Å². The highest BCUT2D eigenvalue weighted by atomic mass is 19.4. The molecule has 0 spiro atoms. The highest BCUT2D eigenvalue weighted by molar-refractivity contribution is 5.68. The molecule has 11 heteroatoms. The lowest BCUT2D eigenvalue weighted by Gasteiger charge is -2.38. The minimum absolute atomic E-state index is 0.0563. The summed E-state index contributed by atoms with van der Waals surface area (Å²) in [5, 5.41) is 7.71. The molecule has 3 aromatic rings. The number of hydrogen-bond acceptors (Lipinski definition) is 5.